The van der Waals surface area contributed by atoms with Gasteiger partial charge in [0.25, 0.3) is 5.91 Å². The summed E-state index contributed by atoms with van der Waals surface area (Å²) in [5.74, 6) is 2.41. The van der Waals surface area contributed by atoms with Gasteiger partial charge in [0, 0.05) is 36.2 Å². The quantitative estimate of drug-likeness (QED) is 0.459. The van der Waals surface area contributed by atoms with E-state index in [9.17, 15) is 9.59 Å². The van der Waals surface area contributed by atoms with E-state index >= 15 is 0 Å². The number of nitrogens with zero attached hydrogens (tertiary/aromatic N) is 1. The molecule has 3 nitrogen and oxygen atoms in total. The Labute approximate surface area is 202 Å². The number of ketones is 1. The molecule has 0 N–H and O–H groups in total. The topological polar surface area (TPSA) is 37.4 Å². The Bertz CT molecular complexity index is 828. The summed E-state index contributed by atoms with van der Waals surface area (Å²) in [4.78, 5) is 25.5. The molecule has 1 fully saturated rings. The Hall–Kier alpha value is -2.16. The lowest BCUT2D eigenvalue weighted by molar-refractivity contribution is -0.127. The van der Waals surface area contributed by atoms with Crippen molar-refractivity contribution in [2.24, 2.45) is 17.8 Å². The van der Waals surface area contributed by atoms with Crippen LogP contribution in [0.2, 0.25) is 0 Å². The zero-order chi connectivity index (χ0) is 28.4. The lowest BCUT2D eigenvalue weighted by Gasteiger charge is -2.25. The highest BCUT2D eigenvalue weighted by molar-refractivity contribution is 5.97. The van der Waals surface area contributed by atoms with Gasteiger partial charge in [-0.25, -0.2) is 0 Å². The number of rotatable bonds is 5. The Kier molecular flexibility index (Phi) is 8.55. The van der Waals surface area contributed by atoms with Crippen LogP contribution in [-0.2, 0) is 9.59 Å². The van der Waals surface area contributed by atoms with Crippen LogP contribution in [0.1, 0.15) is 98.5 Å². The maximum atomic E-state index is 12.4. The van der Waals surface area contributed by atoms with E-state index in [1.165, 1.54) is 17.6 Å². The smallest absolute Gasteiger partial charge is 0.250 e. The second-order valence-electron chi connectivity index (χ2n) is 9.57. The van der Waals surface area contributed by atoms with E-state index < -0.39 is 0 Å². The minimum atomic E-state index is 0. The zero-order valence-electron chi connectivity index (χ0n) is 25.9. The van der Waals surface area contributed by atoms with Crippen LogP contribution in [-0.4, -0.2) is 23.1 Å². The van der Waals surface area contributed by atoms with Crippen LogP contribution in [0.25, 0.3) is 0 Å². The molecule has 31 heavy (non-hydrogen) atoms. The van der Waals surface area contributed by atoms with Gasteiger partial charge in [-0.3, -0.25) is 9.59 Å². The SMILES string of the molecule is C.CC(C)=CC1=C(C)C(=O)N(C(C)c2ccccc2)C1.CC(C)CC1CCC(=O)C1C.[2HH].[2H][2H].[2H][2H].[2H][2H].[HH]. The van der Waals surface area contributed by atoms with Crippen molar-refractivity contribution in [2.75, 3.05) is 6.54 Å². The molecule has 3 atom stereocenters. The van der Waals surface area contributed by atoms with Crippen molar-refractivity contribution in [1.82, 2.24) is 4.90 Å². The van der Waals surface area contributed by atoms with Gasteiger partial charge < -0.3 is 4.90 Å². The Morgan fingerprint density at radius 3 is 2.32 bits per heavy atom. The highest BCUT2D eigenvalue weighted by Gasteiger charge is 2.31. The number of carbonyl (C=O) groups excluding carboxylic acids is 2. The maximum absolute atomic E-state index is 12.4. The van der Waals surface area contributed by atoms with Gasteiger partial charge in [0.1, 0.15) is 5.78 Å². The number of benzene rings is 1. The predicted octanol–water partition coefficient (Wildman–Crippen LogP) is 8.39. The third kappa shape index (κ3) is 7.19. The van der Waals surface area contributed by atoms with Crippen molar-refractivity contribution in [3.63, 3.8) is 0 Å². The van der Waals surface area contributed by atoms with Crippen LogP contribution in [0, 0.1) is 17.8 Å². The fraction of sp³-hybridized carbons (Fsp3) is 0.571. The van der Waals surface area contributed by atoms with E-state index in [-0.39, 0.29) is 22.2 Å². The first-order valence-electron chi connectivity index (χ1n) is 14.3. The molecule has 0 radical (unpaired) electrons. The summed E-state index contributed by atoms with van der Waals surface area (Å²) in [5, 5.41) is 0. The van der Waals surface area contributed by atoms with Gasteiger partial charge in [0.2, 0.25) is 0 Å². The predicted molar refractivity (Wildman–Crippen MR) is 142 cm³/mol. The first kappa shape index (κ1) is 22.0. The van der Waals surface area contributed by atoms with Gasteiger partial charge in [-0.15, -0.1) is 0 Å². The first-order valence-corrected chi connectivity index (χ1v) is 11.3. The van der Waals surface area contributed by atoms with Crippen molar-refractivity contribution in [1.29, 1.82) is 0 Å². The van der Waals surface area contributed by atoms with Gasteiger partial charge in [-0.1, -0.05) is 70.2 Å². The Balaban J connectivity index is -0.000000167. The molecule has 0 spiro atoms. The highest BCUT2D eigenvalue weighted by atomic mass is 16.2. The monoisotopic (exact) mass is 442 g/mol. The van der Waals surface area contributed by atoms with Crippen molar-refractivity contribution < 1.29 is 21.4 Å². The second-order valence-corrected chi connectivity index (χ2v) is 9.57. The molecule has 1 amide bonds. The average Bonchev–Trinajstić information content (AvgIpc) is 3.35. The van der Waals surface area contributed by atoms with E-state index in [1.54, 1.807) is 0 Å². The van der Waals surface area contributed by atoms with Crippen LogP contribution in [0.3, 0.4) is 0 Å². The zero-order valence-corrected chi connectivity index (χ0v) is 19.9. The molecule has 1 heterocycles. The maximum Gasteiger partial charge on any atom is 0.250 e. The second kappa shape index (κ2) is 12.0. The number of Topliss-reactive ketones (excluding diaryl/α,β-unsaturated/α-hetero) is 1. The summed E-state index contributed by atoms with van der Waals surface area (Å²) in [6, 6.07) is 10.3. The van der Waals surface area contributed by atoms with Gasteiger partial charge in [0.15, 0.2) is 0 Å². The fourth-order valence-corrected chi connectivity index (χ4v) is 4.45. The normalized spacial score (nSPS) is 22.4. The lowest BCUT2D eigenvalue weighted by atomic mass is 9.89. The van der Waals surface area contributed by atoms with Crippen molar-refractivity contribution in [3.05, 3.63) is 58.7 Å². The van der Waals surface area contributed by atoms with Crippen molar-refractivity contribution >= 4 is 11.7 Å². The van der Waals surface area contributed by atoms with E-state index in [1.807, 2.05) is 30.0 Å². The first-order chi connectivity index (χ1) is 17.1. The third-order valence-electron chi connectivity index (χ3n) is 6.37. The molecule has 1 aliphatic carbocycles. The molecule has 1 saturated carbocycles. The number of hydrogen-bond acceptors (Lipinski definition) is 2. The third-order valence-corrected chi connectivity index (χ3v) is 6.37. The Morgan fingerprint density at radius 1 is 1.23 bits per heavy atom. The van der Waals surface area contributed by atoms with Crippen LogP contribution in [0.4, 0.5) is 0 Å². The van der Waals surface area contributed by atoms with Crippen LogP contribution < -0.4 is 0 Å². The molecule has 0 saturated heterocycles. The molecule has 2 aliphatic rings. The molecular formula is C28H53NO2. The molecule has 0 aromatic heterocycles. The Morgan fingerprint density at radius 2 is 1.84 bits per heavy atom. The number of carbonyl (C=O) groups is 2. The van der Waals surface area contributed by atoms with Gasteiger partial charge in [-0.05, 0) is 63.5 Å². The lowest BCUT2D eigenvalue weighted by Crippen LogP contribution is -2.30. The molecule has 1 aromatic carbocycles. The molecule has 3 unspecified atom stereocenters. The van der Waals surface area contributed by atoms with Crippen LogP contribution >= 0.6 is 0 Å². The molecule has 1 aromatic rings. The van der Waals surface area contributed by atoms with E-state index in [0.717, 1.165) is 29.9 Å². The minimum Gasteiger partial charge on any atom is -0.328 e. The highest BCUT2D eigenvalue weighted by Crippen LogP contribution is 2.33. The summed E-state index contributed by atoms with van der Waals surface area (Å²) in [6.45, 7) is 15.4. The molecule has 0 bridgehead atoms. The van der Waals surface area contributed by atoms with Crippen LogP contribution in [0.15, 0.2) is 53.1 Å². The van der Waals surface area contributed by atoms with Crippen LogP contribution in [0.5, 0.6) is 0 Å². The number of allylic oxidation sites excluding steroid dienone is 1. The molecule has 3 heteroatoms. The molecule has 1 aliphatic heterocycles. The molecular weight excluding hydrogens is 382 g/mol. The molecule has 3 rings (SSSR count). The number of amides is 1. The summed E-state index contributed by atoms with van der Waals surface area (Å²) in [7, 11) is 0. The summed E-state index contributed by atoms with van der Waals surface area (Å²) < 4.78 is 30.0. The van der Waals surface area contributed by atoms with E-state index in [0.29, 0.717) is 24.2 Å². The van der Waals surface area contributed by atoms with Gasteiger partial charge in [0.05, 0.1) is 6.04 Å². The van der Waals surface area contributed by atoms with Gasteiger partial charge >= 0.3 is 0 Å². The van der Waals surface area contributed by atoms with Crippen molar-refractivity contribution in [2.45, 2.75) is 81.2 Å². The summed E-state index contributed by atoms with van der Waals surface area (Å²) >= 11 is 0. The summed E-state index contributed by atoms with van der Waals surface area (Å²) in [5.41, 5.74) is 4.44. The standard InChI is InChI=1S/C17H21NO.C10H18O.CH4.5H2/c1-12(2)10-16-11-18(17(19)13(16)3)14(4)15-8-6-5-7-9-15;1-7(2)6-9-4-5-10(11)8(9)3;;;;;;/h5-10,14H,11H2,1-4H3;7-9H,4-6H2,1-3H3;1H4;5*1H/i;;;3*1+1D;1+1;. The van der Waals surface area contributed by atoms with E-state index in [2.05, 4.69) is 59.8 Å². The number of hydrogen-bond donors (Lipinski definition) is 0. The average molecular weight is 443 g/mol. The van der Waals surface area contributed by atoms with Gasteiger partial charge in [-0.2, -0.15) is 0 Å². The minimum absolute atomic E-state index is 0. The summed E-state index contributed by atoms with van der Waals surface area (Å²) in [6.07, 6.45) is 5.31. The van der Waals surface area contributed by atoms with E-state index in [4.69, 9.17) is 8.91 Å². The molecule has 182 valence electrons. The largest absolute Gasteiger partial charge is 0.328 e. The fourth-order valence-electron chi connectivity index (χ4n) is 4.45. The van der Waals surface area contributed by atoms with Crippen molar-refractivity contribution in [3.8, 4) is 0 Å².